The summed E-state index contributed by atoms with van der Waals surface area (Å²) in [4.78, 5) is 15.4. The highest BCUT2D eigenvalue weighted by Crippen LogP contribution is 2.20. The molecule has 0 saturated carbocycles. The second kappa shape index (κ2) is 5.69. The summed E-state index contributed by atoms with van der Waals surface area (Å²) < 4.78 is 12.9. The SMILES string of the molecule is CSC(C)(C)CNC(=O)c1cc(F)cnc1Cl. The Morgan fingerprint density at radius 2 is 2.29 bits per heavy atom. The van der Waals surface area contributed by atoms with Crippen molar-refractivity contribution in [3.05, 3.63) is 28.8 Å². The molecule has 0 unspecified atom stereocenters. The molecule has 6 heteroatoms. The molecule has 1 aromatic heterocycles. The first-order valence-corrected chi connectivity index (χ1v) is 6.60. The lowest BCUT2D eigenvalue weighted by Crippen LogP contribution is -2.36. The van der Waals surface area contributed by atoms with E-state index in [4.69, 9.17) is 11.6 Å². The molecule has 0 aliphatic carbocycles. The molecule has 1 amide bonds. The van der Waals surface area contributed by atoms with E-state index in [0.29, 0.717) is 6.54 Å². The summed E-state index contributed by atoms with van der Waals surface area (Å²) in [6, 6.07) is 1.08. The summed E-state index contributed by atoms with van der Waals surface area (Å²) in [6.45, 7) is 4.48. The number of carbonyl (C=O) groups is 1. The first-order chi connectivity index (χ1) is 7.85. The number of rotatable bonds is 4. The van der Waals surface area contributed by atoms with Gasteiger partial charge >= 0.3 is 0 Å². The van der Waals surface area contributed by atoms with Gasteiger partial charge in [-0.25, -0.2) is 9.37 Å². The number of amides is 1. The number of aromatic nitrogens is 1. The van der Waals surface area contributed by atoms with E-state index in [1.807, 2.05) is 20.1 Å². The molecule has 17 heavy (non-hydrogen) atoms. The maximum absolute atomic E-state index is 12.9. The van der Waals surface area contributed by atoms with Gasteiger partial charge in [0.2, 0.25) is 0 Å². The smallest absolute Gasteiger partial charge is 0.254 e. The molecule has 1 heterocycles. The third-order valence-corrected chi connectivity index (χ3v) is 3.83. The zero-order chi connectivity index (χ0) is 13.1. The van der Waals surface area contributed by atoms with Crippen molar-refractivity contribution < 1.29 is 9.18 Å². The molecule has 0 bridgehead atoms. The van der Waals surface area contributed by atoms with Gasteiger partial charge in [-0.05, 0) is 26.2 Å². The number of pyridine rings is 1. The summed E-state index contributed by atoms with van der Waals surface area (Å²) in [5.41, 5.74) is 0.0589. The molecule has 0 aliphatic rings. The number of halogens is 2. The monoisotopic (exact) mass is 276 g/mol. The van der Waals surface area contributed by atoms with E-state index in [1.165, 1.54) is 0 Å². The molecule has 3 nitrogen and oxygen atoms in total. The van der Waals surface area contributed by atoms with E-state index < -0.39 is 11.7 Å². The number of nitrogens with one attached hydrogen (secondary N) is 1. The van der Waals surface area contributed by atoms with Crippen LogP contribution >= 0.6 is 23.4 Å². The van der Waals surface area contributed by atoms with Crippen molar-refractivity contribution in [3.63, 3.8) is 0 Å². The Kier molecular flexibility index (Phi) is 4.77. The van der Waals surface area contributed by atoms with E-state index in [-0.39, 0.29) is 15.5 Å². The maximum atomic E-state index is 12.9. The number of nitrogens with zero attached hydrogens (tertiary/aromatic N) is 1. The van der Waals surface area contributed by atoms with Gasteiger partial charge < -0.3 is 5.32 Å². The highest BCUT2D eigenvalue weighted by molar-refractivity contribution is 7.99. The molecule has 1 N–H and O–H groups in total. The predicted octanol–water partition coefficient (Wildman–Crippen LogP) is 2.75. The fourth-order valence-electron chi connectivity index (χ4n) is 1.04. The highest BCUT2D eigenvalue weighted by Gasteiger charge is 2.19. The van der Waals surface area contributed by atoms with Crippen LogP contribution in [-0.2, 0) is 0 Å². The minimum atomic E-state index is -0.580. The fraction of sp³-hybridized carbons (Fsp3) is 0.455. The number of carbonyl (C=O) groups excluding carboxylic acids is 1. The van der Waals surface area contributed by atoms with Crippen LogP contribution in [0.3, 0.4) is 0 Å². The molecule has 0 spiro atoms. The van der Waals surface area contributed by atoms with Crippen molar-refractivity contribution >= 4 is 29.3 Å². The minimum absolute atomic E-state index is 0.00542. The normalized spacial score (nSPS) is 11.4. The summed E-state index contributed by atoms with van der Waals surface area (Å²) >= 11 is 7.37. The standard InChI is InChI=1S/C11H14ClFN2OS/c1-11(2,17-3)6-15-10(16)8-4-7(13)5-14-9(8)12/h4-5H,6H2,1-3H3,(H,15,16). The van der Waals surface area contributed by atoms with Crippen LogP contribution in [0.1, 0.15) is 24.2 Å². The van der Waals surface area contributed by atoms with E-state index in [0.717, 1.165) is 12.3 Å². The van der Waals surface area contributed by atoms with Gasteiger partial charge in [-0.1, -0.05) is 11.6 Å². The lowest BCUT2D eigenvalue weighted by atomic mass is 10.2. The number of hydrogen-bond acceptors (Lipinski definition) is 3. The van der Waals surface area contributed by atoms with Crippen LogP contribution in [0.4, 0.5) is 4.39 Å². The van der Waals surface area contributed by atoms with Crippen LogP contribution in [0, 0.1) is 5.82 Å². The van der Waals surface area contributed by atoms with Gasteiger partial charge in [0.15, 0.2) is 0 Å². The first kappa shape index (κ1) is 14.3. The second-order valence-corrected chi connectivity index (χ2v) is 6.01. The zero-order valence-corrected chi connectivity index (χ0v) is 11.5. The van der Waals surface area contributed by atoms with Crippen molar-refractivity contribution in [3.8, 4) is 0 Å². The van der Waals surface area contributed by atoms with Gasteiger partial charge in [0.25, 0.3) is 5.91 Å². The van der Waals surface area contributed by atoms with E-state index in [1.54, 1.807) is 11.8 Å². The molecule has 1 rings (SSSR count). The Labute approximate surface area is 109 Å². The molecule has 0 fully saturated rings. The average Bonchev–Trinajstić information content (AvgIpc) is 2.29. The van der Waals surface area contributed by atoms with Crippen molar-refractivity contribution in [2.24, 2.45) is 0 Å². The quantitative estimate of drug-likeness (QED) is 0.860. The van der Waals surface area contributed by atoms with Crippen LogP contribution in [-0.4, -0.2) is 28.4 Å². The van der Waals surface area contributed by atoms with Crippen molar-refractivity contribution in [2.75, 3.05) is 12.8 Å². The Hall–Kier alpha value is -0.810. The number of thioether (sulfide) groups is 1. The Bertz CT molecular complexity index is 426. The topological polar surface area (TPSA) is 42.0 Å². The fourth-order valence-corrected chi connectivity index (χ4v) is 1.45. The lowest BCUT2D eigenvalue weighted by molar-refractivity contribution is 0.0950. The summed E-state index contributed by atoms with van der Waals surface area (Å²) in [6.07, 6.45) is 2.94. The van der Waals surface area contributed by atoms with E-state index in [2.05, 4.69) is 10.3 Å². The Morgan fingerprint density at radius 3 is 2.88 bits per heavy atom. The van der Waals surface area contributed by atoms with Crippen molar-refractivity contribution in [1.82, 2.24) is 10.3 Å². The number of hydrogen-bond donors (Lipinski definition) is 1. The molecule has 0 aromatic carbocycles. The first-order valence-electron chi connectivity index (χ1n) is 5.00. The van der Waals surface area contributed by atoms with Gasteiger partial charge in [-0.15, -0.1) is 0 Å². The van der Waals surface area contributed by atoms with Gasteiger partial charge in [0.1, 0.15) is 11.0 Å². The van der Waals surface area contributed by atoms with Crippen LogP contribution in [0.2, 0.25) is 5.15 Å². The lowest BCUT2D eigenvalue weighted by Gasteiger charge is -2.22. The molecule has 0 atom stereocenters. The Balaban J connectivity index is 2.74. The molecular formula is C11H14ClFN2OS. The third kappa shape index (κ3) is 4.16. The molecule has 94 valence electrons. The molecule has 0 radical (unpaired) electrons. The molecular weight excluding hydrogens is 263 g/mol. The summed E-state index contributed by atoms with van der Waals surface area (Å²) in [7, 11) is 0. The van der Waals surface area contributed by atoms with Crippen LogP contribution in [0.25, 0.3) is 0 Å². The van der Waals surface area contributed by atoms with E-state index in [9.17, 15) is 9.18 Å². The predicted molar refractivity (Wildman–Crippen MR) is 69.1 cm³/mol. The van der Waals surface area contributed by atoms with Gasteiger partial charge in [0, 0.05) is 11.3 Å². The van der Waals surface area contributed by atoms with Gasteiger partial charge in [-0.2, -0.15) is 11.8 Å². The minimum Gasteiger partial charge on any atom is -0.351 e. The van der Waals surface area contributed by atoms with Crippen LogP contribution < -0.4 is 5.32 Å². The van der Waals surface area contributed by atoms with Gasteiger partial charge in [0.05, 0.1) is 11.8 Å². The van der Waals surface area contributed by atoms with Crippen LogP contribution in [0.5, 0.6) is 0 Å². The average molecular weight is 277 g/mol. The van der Waals surface area contributed by atoms with Crippen molar-refractivity contribution in [2.45, 2.75) is 18.6 Å². The van der Waals surface area contributed by atoms with Crippen LogP contribution in [0.15, 0.2) is 12.3 Å². The van der Waals surface area contributed by atoms with Gasteiger partial charge in [-0.3, -0.25) is 4.79 Å². The van der Waals surface area contributed by atoms with Crippen molar-refractivity contribution in [1.29, 1.82) is 0 Å². The largest absolute Gasteiger partial charge is 0.351 e. The second-order valence-electron chi connectivity index (χ2n) is 4.14. The molecule has 0 saturated heterocycles. The summed E-state index contributed by atoms with van der Waals surface area (Å²) in [5.74, 6) is -0.993. The molecule has 0 aliphatic heterocycles. The third-order valence-electron chi connectivity index (χ3n) is 2.28. The highest BCUT2D eigenvalue weighted by atomic mass is 35.5. The molecule has 1 aromatic rings. The summed E-state index contributed by atoms with van der Waals surface area (Å²) in [5, 5.41) is 2.71. The van der Waals surface area contributed by atoms with E-state index >= 15 is 0 Å². The zero-order valence-electron chi connectivity index (χ0n) is 9.88. The Morgan fingerprint density at radius 1 is 1.65 bits per heavy atom. The maximum Gasteiger partial charge on any atom is 0.254 e.